The van der Waals surface area contributed by atoms with Gasteiger partial charge in [0, 0.05) is 6.42 Å². The molecule has 3 N–H and O–H groups in total. The van der Waals surface area contributed by atoms with Crippen molar-refractivity contribution < 1.29 is 19.1 Å². The Balaban J connectivity index is 2.47. The van der Waals surface area contributed by atoms with Crippen LogP contribution in [0.25, 0.3) is 0 Å². The SMILES string of the molecule is CCc1cnc(CNC(=O)NC(C(=O)O)C(C)CC)o1. The second-order valence-corrected chi connectivity index (χ2v) is 4.60. The fourth-order valence-electron chi connectivity index (χ4n) is 1.62. The fraction of sp³-hybridized carbons (Fsp3) is 0.615. The van der Waals surface area contributed by atoms with Gasteiger partial charge in [0.15, 0.2) is 0 Å². The summed E-state index contributed by atoms with van der Waals surface area (Å²) in [5.41, 5.74) is 0. The number of aromatic nitrogens is 1. The third kappa shape index (κ3) is 4.56. The van der Waals surface area contributed by atoms with Gasteiger partial charge in [-0.2, -0.15) is 0 Å². The molecule has 1 rings (SSSR count). The summed E-state index contributed by atoms with van der Waals surface area (Å²) in [6.07, 6.45) is 3.00. The van der Waals surface area contributed by atoms with E-state index >= 15 is 0 Å². The summed E-state index contributed by atoms with van der Waals surface area (Å²) >= 11 is 0. The van der Waals surface area contributed by atoms with Crippen molar-refractivity contribution in [3.8, 4) is 0 Å². The minimum absolute atomic E-state index is 0.124. The van der Waals surface area contributed by atoms with Crippen molar-refractivity contribution in [2.45, 2.75) is 46.2 Å². The van der Waals surface area contributed by atoms with E-state index < -0.39 is 18.0 Å². The number of carbonyl (C=O) groups is 2. The fourth-order valence-corrected chi connectivity index (χ4v) is 1.62. The number of oxazole rings is 1. The maximum atomic E-state index is 11.7. The molecule has 0 saturated heterocycles. The van der Waals surface area contributed by atoms with Gasteiger partial charge >= 0.3 is 12.0 Å². The van der Waals surface area contributed by atoms with Crippen LogP contribution in [0.5, 0.6) is 0 Å². The highest BCUT2D eigenvalue weighted by Crippen LogP contribution is 2.08. The second kappa shape index (κ2) is 7.52. The average Bonchev–Trinajstić information content (AvgIpc) is 2.89. The number of hydrogen-bond acceptors (Lipinski definition) is 4. The molecule has 7 nitrogen and oxygen atoms in total. The zero-order valence-corrected chi connectivity index (χ0v) is 12.0. The summed E-state index contributed by atoms with van der Waals surface area (Å²) in [5, 5.41) is 14.0. The van der Waals surface area contributed by atoms with Crippen molar-refractivity contribution in [2.75, 3.05) is 0 Å². The number of hydrogen-bond donors (Lipinski definition) is 3. The summed E-state index contributed by atoms with van der Waals surface area (Å²) in [7, 11) is 0. The van der Waals surface area contributed by atoms with Crippen LogP contribution in [0.15, 0.2) is 10.6 Å². The molecule has 2 amide bonds. The van der Waals surface area contributed by atoms with Gasteiger partial charge in [0.05, 0.1) is 12.7 Å². The molecule has 1 aromatic heterocycles. The van der Waals surface area contributed by atoms with Crippen LogP contribution in [0.3, 0.4) is 0 Å². The van der Waals surface area contributed by atoms with Crippen molar-refractivity contribution in [3.05, 3.63) is 17.8 Å². The highest BCUT2D eigenvalue weighted by atomic mass is 16.4. The Hall–Kier alpha value is -2.05. The van der Waals surface area contributed by atoms with E-state index in [0.717, 1.165) is 12.2 Å². The molecule has 0 saturated carbocycles. The van der Waals surface area contributed by atoms with Gasteiger partial charge in [0.25, 0.3) is 0 Å². The van der Waals surface area contributed by atoms with Gasteiger partial charge in [-0.15, -0.1) is 0 Å². The Labute approximate surface area is 117 Å². The smallest absolute Gasteiger partial charge is 0.326 e. The first-order valence-electron chi connectivity index (χ1n) is 6.68. The molecule has 0 bridgehead atoms. The number of carbonyl (C=O) groups excluding carboxylic acids is 1. The number of carboxylic acids is 1. The largest absolute Gasteiger partial charge is 0.480 e. The molecule has 0 radical (unpaired) electrons. The van der Waals surface area contributed by atoms with Crippen molar-refractivity contribution in [1.82, 2.24) is 15.6 Å². The molecular formula is C13H21N3O4. The van der Waals surface area contributed by atoms with Crippen LogP contribution >= 0.6 is 0 Å². The van der Waals surface area contributed by atoms with Gasteiger partial charge in [-0.3, -0.25) is 0 Å². The van der Waals surface area contributed by atoms with Crippen molar-refractivity contribution in [1.29, 1.82) is 0 Å². The number of nitrogens with one attached hydrogen (secondary N) is 2. The Kier molecular flexibility index (Phi) is 6.02. The normalized spacial score (nSPS) is 13.6. The highest BCUT2D eigenvalue weighted by molar-refractivity contribution is 5.82. The Morgan fingerprint density at radius 2 is 2.15 bits per heavy atom. The molecule has 0 aromatic carbocycles. The topological polar surface area (TPSA) is 104 Å². The van der Waals surface area contributed by atoms with Gasteiger partial charge in [-0.05, 0) is 5.92 Å². The zero-order chi connectivity index (χ0) is 15.1. The van der Waals surface area contributed by atoms with Crippen LogP contribution in [0, 0.1) is 5.92 Å². The molecular weight excluding hydrogens is 262 g/mol. The number of aliphatic carboxylic acids is 1. The van der Waals surface area contributed by atoms with Gasteiger partial charge in [0.2, 0.25) is 5.89 Å². The minimum Gasteiger partial charge on any atom is -0.480 e. The first-order chi connectivity index (χ1) is 9.47. The van der Waals surface area contributed by atoms with Crippen LogP contribution < -0.4 is 10.6 Å². The van der Waals surface area contributed by atoms with Crippen LogP contribution in [0.2, 0.25) is 0 Å². The Morgan fingerprint density at radius 1 is 1.45 bits per heavy atom. The van der Waals surface area contributed by atoms with Gasteiger partial charge < -0.3 is 20.2 Å². The number of amides is 2. The summed E-state index contributed by atoms with van der Waals surface area (Å²) in [6, 6.07) is -1.45. The zero-order valence-electron chi connectivity index (χ0n) is 12.0. The van der Waals surface area contributed by atoms with Gasteiger partial charge in [0.1, 0.15) is 11.8 Å². The maximum absolute atomic E-state index is 11.7. The lowest BCUT2D eigenvalue weighted by Gasteiger charge is -2.20. The number of carboxylic acid groups (broad SMARTS) is 1. The third-order valence-electron chi connectivity index (χ3n) is 3.12. The summed E-state index contributed by atoms with van der Waals surface area (Å²) in [6.45, 7) is 5.71. The first-order valence-corrected chi connectivity index (χ1v) is 6.68. The molecule has 20 heavy (non-hydrogen) atoms. The summed E-state index contributed by atoms with van der Waals surface area (Å²) in [5.74, 6) is -0.0526. The van der Waals surface area contributed by atoms with E-state index in [1.807, 2.05) is 13.8 Å². The lowest BCUT2D eigenvalue weighted by atomic mass is 9.99. The van der Waals surface area contributed by atoms with E-state index in [4.69, 9.17) is 9.52 Å². The number of nitrogens with zero attached hydrogens (tertiary/aromatic N) is 1. The summed E-state index contributed by atoms with van der Waals surface area (Å²) < 4.78 is 5.33. The van der Waals surface area contributed by atoms with E-state index in [9.17, 15) is 9.59 Å². The first kappa shape index (κ1) is 16.0. The third-order valence-corrected chi connectivity index (χ3v) is 3.12. The van der Waals surface area contributed by atoms with Crippen LogP contribution in [-0.4, -0.2) is 28.1 Å². The lowest BCUT2D eigenvalue weighted by Crippen LogP contribution is -2.48. The molecule has 2 atom stereocenters. The predicted molar refractivity (Wildman–Crippen MR) is 72.1 cm³/mol. The summed E-state index contributed by atoms with van der Waals surface area (Å²) in [4.78, 5) is 26.8. The Morgan fingerprint density at radius 3 is 2.65 bits per heavy atom. The van der Waals surface area contributed by atoms with E-state index in [0.29, 0.717) is 12.3 Å². The van der Waals surface area contributed by atoms with Crippen LogP contribution in [0.4, 0.5) is 4.79 Å². The molecule has 0 aliphatic heterocycles. The molecule has 0 aliphatic rings. The van der Waals surface area contributed by atoms with E-state index in [1.54, 1.807) is 13.1 Å². The van der Waals surface area contributed by atoms with E-state index in [2.05, 4.69) is 15.6 Å². The highest BCUT2D eigenvalue weighted by Gasteiger charge is 2.25. The molecule has 7 heteroatoms. The number of rotatable bonds is 7. The lowest BCUT2D eigenvalue weighted by molar-refractivity contribution is -0.140. The monoisotopic (exact) mass is 283 g/mol. The molecule has 1 aromatic rings. The predicted octanol–water partition coefficient (Wildman–Crippen LogP) is 1.54. The Bertz CT molecular complexity index is 458. The van der Waals surface area contributed by atoms with Gasteiger partial charge in [-0.25, -0.2) is 14.6 Å². The molecule has 0 aliphatic carbocycles. The second-order valence-electron chi connectivity index (χ2n) is 4.60. The molecule has 0 spiro atoms. The van der Waals surface area contributed by atoms with Crippen molar-refractivity contribution in [3.63, 3.8) is 0 Å². The van der Waals surface area contributed by atoms with E-state index in [1.165, 1.54) is 0 Å². The molecule has 2 unspecified atom stereocenters. The average molecular weight is 283 g/mol. The van der Waals surface area contributed by atoms with Crippen LogP contribution in [0.1, 0.15) is 38.8 Å². The number of aryl methyl sites for hydroxylation is 1. The minimum atomic E-state index is -1.04. The van der Waals surface area contributed by atoms with Gasteiger partial charge in [-0.1, -0.05) is 27.2 Å². The molecule has 112 valence electrons. The van der Waals surface area contributed by atoms with Crippen molar-refractivity contribution >= 4 is 12.0 Å². The maximum Gasteiger partial charge on any atom is 0.326 e. The van der Waals surface area contributed by atoms with Crippen LogP contribution in [-0.2, 0) is 17.8 Å². The standard InChI is InChI=1S/C13H21N3O4/c1-4-8(3)11(12(17)18)16-13(19)15-7-10-14-6-9(5-2)20-10/h6,8,11H,4-5,7H2,1-3H3,(H,17,18)(H2,15,16,19). The molecule has 0 fully saturated rings. The van der Waals surface area contributed by atoms with Crippen molar-refractivity contribution in [2.24, 2.45) is 5.92 Å². The molecule has 1 heterocycles. The van der Waals surface area contributed by atoms with E-state index in [-0.39, 0.29) is 12.5 Å². The quantitative estimate of drug-likeness (QED) is 0.704. The number of urea groups is 1.